The monoisotopic (exact) mass is 376 g/mol. The molecule has 1 aliphatic heterocycles. The molecule has 7 heteroatoms. The largest absolute Gasteiger partial charge is 0.337 e. The Morgan fingerprint density at radius 2 is 1.93 bits per heavy atom. The first-order chi connectivity index (χ1) is 13.6. The van der Waals surface area contributed by atoms with Crippen molar-refractivity contribution in [2.24, 2.45) is 0 Å². The van der Waals surface area contributed by atoms with Crippen LogP contribution in [0.3, 0.4) is 0 Å². The Labute approximate surface area is 164 Å². The molecule has 3 aromatic rings. The molecule has 0 radical (unpaired) electrons. The number of rotatable bonds is 4. The van der Waals surface area contributed by atoms with E-state index in [4.69, 9.17) is 0 Å². The molecule has 0 spiro atoms. The number of nitrogens with zero attached hydrogens (tertiary/aromatic N) is 6. The predicted octanol–water partition coefficient (Wildman–Crippen LogP) is 2.75. The van der Waals surface area contributed by atoms with Crippen LogP contribution in [0.1, 0.15) is 52.3 Å². The second-order valence-electron chi connectivity index (χ2n) is 7.24. The first-order valence-electron chi connectivity index (χ1n) is 9.62. The van der Waals surface area contributed by atoms with E-state index in [-0.39, 0.29) is 5.91 Å². The quantitative estimate of drug-likeness (QED) is 0.700. The molecule has 1 fully saturated rings. The fraction of sp³-hybridized carbons (Fsp3) is 0.381. The summed E-state index contributed by atoms with van der Waals surface area (Å²) < 4.78 is 2.17. The lowest BCUT2D eigenvalue weighted by molar-refractivity contribution is 0.0704. The number of aryl methyl sites for hydroxylation is 2. The zero-order chi connectivity index (χ0) is 19.5. The Bertz CT molecular complexity index is 940. The van der Waals surface area contributed by atoms with Crippen molar-refractivity contribution in [1.29, 1.82) is 0 Å². The summed E-state index contributed by atoms with van der Waals surface area (Å²) in [4.78, 5) is 32.3. The molecule has 1 aliphatic rings. The molecule has 0 saturated carbocycles. The van der Waals surface area contributed by atoms with Gasteiger partial charge in [-0.05, 0) is 44.9 Å². The highest BCUT2D eigenvalue weighted by Gasteiger charge is 2.27. The lowest BCUT2D eigenvalue weighted by Crippen LogP contribution is -2.39. The van der Waals surface area contributed by atoms with Gasteiger partial charge in [0.25, 0.3) is 5.91 Å². The van der Waals surface area contributed by atoms with Crippen molar-refractivity contribution in [2.45, 2.75) is 39.2 Å². The Kier molecular flexibility index (Phi) is 5.14. The smallest absolute Gasteiger partial charge is 0.272 e. The van der Waals surface area contributed by atoms with Gasteiger partial charge >= 0.3 is 0 Å². The van der Waals surface area contributed by atoms with Crippen molar-refractivity contribution >= 4 is 5.91 Å². The summed E-state index contributed by atoms with van der Waals surface area (Å²) in [6.07, 6.45) is 7.46. The fourth-order valence-electron chi connectivity index (χ4n) is 3.81. The lowest BCUT2D eigenvalue weighted by Gasteiger charge is -2.31. The van der Waals surface area contributed by atoms with Gasteiger partial charge in [0.2, 0.25) is 0 Å². The van der Waals surface area contributed by atoms with Crippen LogP contribution in [0, 0.1) is 13.8 Å². The molecule has 0 aromatic carbocycles. The van der Waals surface area contributed by atoms with Gasteiger partial charge in [0, 0.05) is 43.3 Å². The number of carbonyl (C=O) groups excluding carboxylic acids is 1. The summed E-state index contributed by atoms with van der Waals surface area (Å²) in [6.45, 7) is 5.84. The molecule has 28 heavy (non-hydrogen) atoms. The molecule has 1 saturated heterocycles. The van der Waals surface area contributed by atoms with Crippen LogP contribution in [0.2, 0.25) is 0 Å². The summed E-state index contributed by atoms with van der Waals surface area (Å²) in [6, 6.07) is 7.71. The summed E-state index contributed by atoms with van der Waals surface area (Å²) >= 11 is 0. The van der Waals surface area contributed by atoms with E-state index in [2.05, 4.69) is 24.5 Å². The maximum absolute atomic E-state index is 12.8. The van der Waals surface area contributed by atoms with Crippen LogP contribution < -0.4 is 0 Å². The highest BCUT2D eigenvalue weighted by Crippen LogP contribution is 2.28. The van der Waals surface area contributed by atoms with Crippen molar-refractivity contribution in [3.8, 4) is 0 Å². The van der Waals surface area contributed by atoms with Gasteiger partial charge in [0.15, 0.2) is 0 Å². The number of amides is 1. The van der Waals surface area contributed by atoms with Crippen LogP contribution in [0.4, 0.5) is 0 Å². The molecular weight excluding hydrogens is 352 g/mol. The minimum absolute atomic E-state index is 0.0103. The van der Waals surface area contributed by atoms with E-state index in [1.165, 1.54) is 0 Å². The molecule has 4 rings (SSSR count). The van der Waals surface area contributed by atoms with Crippen LogP contribution in [0.15, 0.2) is 42.9 Å². The van der Waals surface area contributed by atoms with Crippen molar-refractivity contribution in [3.63, 3.8) is 0 Å². The molecule has 144 valence electrons. The molecule has 1 amide bonds. The first kappa shape index (κ1) is 18.3. The standard InChI is InChI=1S/C21H24N6O/c1-15-13-19(25-16(2)24-15)21(28)26-10-6-17(7-11-26)20-23-9-12-27(20)14-18-5-3-4-8-22-18/h3-5,8-9,12-13,17H,6-7,10-11,14H2,1-2H3. The van der Waals surface area contributed by atoms with Crippen LogP contribution in [0.25, 0.3) is 0 Å². The second-order valence-corrected chi connectivity index (χ2v) is 7.24. The lowest BCUT2D eigenvalue weighted by atomic mass is 9.95. The number of hydrogen-bond donors (Lipinski definition) is 0. The first-order valence-corrected chi connectivity index (χ1v) is 9.62. The number of imidazole rings is 1. The highest BCUT2D eigenvalue weighted by atomic mass is 16.2. The minimum Gasteiger partial charge on any atom is -0.337 e. The van der Waals surface area contributed by atoms with Crippen molar-refractivity contribution in [3.05, 3.63) is 71.6 Å². The van der Waals surface area contributed by atoms with E-state index in [9.17, 15) is 4.79 Å². The van der Waals surface area contributed by atoms with Gasteiger partial charge in [-0.1, -0.05) is 6.07 Å². The molecule has 4 heterocycles. The number of piperidine rings is 1. The van der Waals surface area contributed by atoms with Gasteiger partial charge < -0.3 is 9.47 Å². The summed E-state index contributed by atoms with van der Waals surface area (Å²) in [5.74, 6) is 2.04. The molecule has 0 bridgehead atoms. The number of likely N-dealkylation sites (tertiary alicyclic amines) is 1. The van der Waals surface area contributed by atoms with Crippen LogP contribution >= 0.6 is 0 Å². The van der Waals surface area contributed by atoms with E-state index in [1.54, 1.807) is 6.07 Å². The molecule has 3 aromatic heterocycles. The molecular formula is C21H24N6O. The van der Waals surface area contributed by atoms with E-state index in [0.29, 0.717) is 30.5 Å². The average Bonchev–Trinajstić information content (AvgIpc) is 3.15. The molecule has 0 unspecified atom stereocenters. The van der Waals surface area contributed by atoms with E-state index in [0.717, 1.165) is 36.6 Å². The third-order valence-corrected chi connectivity index (χ3v) is 5.14. The normalized spacial score (nSPS) is 15.0. The van der Waals surface area contributed by atoms with E-state index < -0.39 is 0 Å². The molecule has 0 N–H and O–H groups in total. The highest BCUT2D eigenvalue weighted by molar-refractivity contribution is 5.92. The summed E-state index contributed by atoms with van der Waals surface area (Å²) in [5, 5.41) is 0. The predicted molar refractivity (Wildman–Crippen MR) is 105 cm³/mol. The van der Waals surface area contributed by atoms with Crippen molar-refractivity contribution in [2.75, 3.05) is 13.1 Å². The van der Waals surface area contributed by atoms with Crippen LogP contribution in [-0.2, 0) is 6.54 Å². The Morgan fingerprint density at radius 3 is 2.64 bits per heavy atom. The maximum Gasteiger partial charge on any atom is 0.272 e. The Morgan fingerprint density at radius 1 is 1.11 bits per heavy atom. The molecule has 7 nitrogen and oxygen atoms in total. The van der Waals surface area contributed by atoms with Crippen molar-refractivity contribution < 1.29 is 4.79 Å². The number of hydrogen-bond acceptors (Lipinski definition) is 5. The van der Waals surface area contributed by atoms with Gasteiger partial charge in [0.05, 0.1) is 12.2 Å². The van der Waals surface area contributed by atoms with E-state index in [1.807, 2.05) is 55.5 Å². The average molecular weight is 376 g/mol. The number of pyridine rings is 1. The zero-order valence-corrected chi connectivity index (χ0v) is 16.2. The Balaban J connectivity index is 1.42. The van der Waals surface area contributed by atoms with Gasteiger partial charge in [-0.3, -0.25) is 9.78 Å². The number of carbonyl (C=O) groups is 1. The summed E-state index contributed by atoms with van der Waals surface area (Å²) in [7, 11) is 0. The SMILES string of the molecule is Cc1cc(C(=O)N2CCC(c3nccn3Cc3ccccn3)CC2)nc(C)n1. The summed E-state index contributed by atoms with van der Waals surface area (Å²) in [5.41, 5.74) is 2.33. The topological polar surface area (TPSA) is 76.8 Å². The molecule has 0 atom stereocenters. The van der Waals surface area contributed by atoms with Crippen LogP contribution in [-0.4, -0.2) is 48.4 Å². The molecule has 0 aliphatic carbocycles. The third-order valence-electron chi connectivity index (χ3n) is 5.14. The van der Waals surface area contributed by atoms with Gasteiger partial charge in [-0.25, -0.2) is 15.0 Å². The zero-order valence-electron chi connectivity index (χ0n) is 16.2. The van der Waals surface area contributed by atoms with Crippen LogP contribution in [0.5, 0.6) is 0 Å². The Hall–Kier alpha value is -3.09. The minimum atomic E-state index is -0.0103. The van der Waals surface area contributed by atoms with Crippen molar-refractivity contribution in [1.82, 2.24) is 29.4 Å². The van der Waals surface area contributed by atoms with E-state index >= 15 is 0 Å². The third kappa shape index (κ3) is 3.93. The van der Waals surface area contributed by atoms with Gasteiger partial charge in [-0.15, -0.1) is 0 Å². The van der Waals surface area contributed by atoms with Gasteiger partial charge in [-0.2, -0.15) is 0 Å². The fourth-order valence-corrected chi connectivity index (χ4v) is 3.81. The number of aromatic nitrogens is 5. The van der Waals surface area contributed by atoms with Gasteiger partial charge in [0.1, 0.15) is 17.3 Å². The second kappa shape index (κ2) is 7.88. The maximum atomic E-state index is 12.8.